The van der Waals surface area contributed by atoms with E-state index in [1.807, 2.05) is 30.3 Å². The highest BCUT2D eigenvalue weighted by Crippen LogP contribution is 2.21. The molecule has 4 nitrogen and oxygen atoms in total. The number of halogens is 1. The highest BCUT2D eigenvalue weighted by Gasteiger charge is 2.28. The van der Waals surface area contributed by atoms with Gasteiger partial charge in [0, 0.05) is 23.0 Å². The average molecular weight is 415 g/mol. The first-order valence-corrected chi connectivity index (χ1v) is 11.0. The maximum atomic E-state index is 14.2. The van der Waals surface area contributed by atoms with Gasteiger partial charge in [-0.2, -0.15) is 0 Å². The Morgan fingerprint density at radius 2 is 1.76 bits per heavy atom. The van der Waals surface area contributed by atoms with Crippen molar-refractivity contribution in [1.82, 2.24) is 10.2 Å². The minimum Gasteiger partial charge on any atom is -0.352 e. The van der Waals surface area contributed by atoms with Gasteiger partial charge in [0.15, 0.2) is 0 Å². The molecule has 1 aliphatic carbocycles. The summed E-state index contributed by atoms with van der Waals surface area (Å²) in [7, 11) is 0. The van der Waals surface area contributed by atoms with Crippen molar-refractivity contribution in [3.63, 3.8) is 0 Å². The minimum absolute atomic E-state index is 0.0696. The summed E-state index contributed by atoms with van der Waals surface area (Å²) in [5.74, 6) is -0.536. The molecule has 2 amide bonds. The van der Waals surface area contributed by atoms with Crippen LogP contribution in [-0.4, -0.2) is 34.6 Å². The lowest BCUT2D eigenvalue weighted by Crippen LogP contribution is -2.50. The van der Waals surface area contributed by atoms with Gasteiger partial charge < -0.3 is 10.2 Å². The van der Waals surface area contributed by atoms with Crippen LogP contribution in [0.3, 0.4) is 0 Å². The standard InChI is InChI=1S/C23H27FN2O2S/c1-17(23(28)25-19-10-6-7-11-19)26(15-18-9-5-8-14-21(18)24)22(27)16-29-20-12-3-2-4-13-20/h2-5,8-9,12-14,17,19H,6-7,10-11,15-16H2,1H3,(H,25,28)/t17-/m1/s1. The van der Waals surface area contributed by atoms with E-state index in [1.165, 1.54) is 22.7 Å². The summed E-state index contributed by atoms with van der Waals surface area (Å²) < 4.78 is 14.2. The first-order chi connectivity index (χ1) is 14.0. The zero-order valence-electron chi connectivity index (χ0n) is 16.6. The van der Waals surface area contributed by atoms with E-state index >= 15 is 0 Å². The van der Waals surface area contributed by atoms with E-state index in [9.17, 15) is 14.0 Å². The molecule has 0 aliphatic heterocycles. The Bertz CT molecular complexity index is 825. The number of hydrogen-bond acceptors (Lipinski definition) is 3. The molecule has 6 heteroatoms. The second-order valence-corrected chi connectivity index (χ2v) is 8.43. The normalized spacial score (nSPS) is 15.1. The summed E-state index contributed by atoms with van der Waals surface area (Å²) in [5.41, 5.74) is 0.408. The van der Waals surface area contributed by atoms with Gasteiger partial charge in [-0.15, -0.1) is 11.8 Å². The Kier molecular flexibility index (Phi) is 7.69. The monoisotopic (exact) mass is 414 g/mol. The number of carbonyl (C=O) groups is 2. The fourth-order valence-corrected chi connectivity index (χ4v) is 4.33. The average Bonchev–Trinajstić information content (AvgIpc) is 3.24. The third kappa shape index (κ3) is 6.07. The predicted octanol–water partition coefficient (Wildman–Crippen LogP) is 4.39. The van der Waals surface area contributed by atoms with Crippen LogP contribution in [0.1, 0.15) is 38.2 Å². The summed E-state index contributed by atoms with van der Waals surface area (Å²) in [4.78, 5) is 28.3. The molecule has 0 radical (unpaired) electrons. The first kappa shape index (κ1) is 21.4. The zero-order valence-corrected chi connectivity index (χ0v) is 17.5. The third-order valence-corrected chi connectivity index (χ3v) is 6.27. The van der Waals surface area contributed by atoms with E-state index < -0.39 is 6.04 Å². The zero-order chi connectivity index (χ0) is 20.6. The predicted molar refractivity (Wildman–Crippen MR) is 114 cm³/mol. The number of benzene rings is 2. The van der Waals surface area contributed by atoms with Crippen molar-refractivity contribution < 1.29 is 14.0 Å². The van der Waals surface area contributed by atoms with Gasteiger partial charge in [-0.25, -0.2) is 4.39 Å². The van der Waals surface area contributed by atoms with Crippen LogP contribution in [0.2, 0.25) is 0 Å². The maximum absolute atomic E-state index is 14.2. The number of nitrogens with one attached hydrogen (secondary N) is 1. The number of carbonyl (C=O) groups excluding carboxylic acids is 2. The lowest BCUT2D eigenvalue weighted by Gasteiger charge is -2.29. The molecule has 1 aliphatic rings. The highest BCUT2D eigenvalue weighted by molar-refractivity contribution is 8.00. The second-order valence-electron chi connectivity index (χ2n) is 7.38. The van der Waals surface area contributed by atoms with E-state index in [1.54, 1.807) is 25.1 Å². The fourth-order valence-electron chi connectivity index (χ4n) is 3.53. The lowest BCUT2D eigenvalue weighted by molar-refractivity contribution is -0.139. The van der Waals surface area contributed by atoms with Crippen molar-refractivity contribution in [3.05, 3.63) is 66.0 Å². The van der Waals surface area contributed by atoms with Crippen molar-refractivity contribution >= 4 is 23.6 Å². The molecular weight excluding hydrogens is 387 g/mol. The molecule has 0 bridgehead atoms. The van der Waals surface area contributed by atoms with Crippen LogP contribution in [0.5, 0.6) is 0 Å². The number of thioether (sulfide) groups is 1. The summed E-state index contributed by atoms with van der Waals surface area (Å²) in [6, 6.07) is 15.5. The first-order valence-electron chi connectivity index (χ1n) is 10.1. The van der Waals surface area contributed by atoms with Crippen molar-refractivity contribution in [2.45, 2.75) is 56.1 Å². The number of nitrogens with zero attached hydrogens (tertiary/aromatic N) is 1. The summed E-state index contributed by atoms with van der Waals surface area (Å²) in [6.07, 6.45) is 4.18. The SMILES string of the molecule is C[C@H](C(=O)NC1CCCC1)N(Cc1ccccc1F)C(=O)CSc1ccccc1. The molecule has 1 fully saturated rings. The van der Waals surface area contributed by atoms with E-state index in [0.717, 1.165) is 30.6 Å². The Morgan fingerprint density at radius 3 is 2.45 bits per heavy atom. The van der Waals surface area contributed by atoms with Gasteiger partial charge in [0.05, 0.1) is 5.75 Å². The molecule has 1 N–H and O–H groups in total. The smallest absolute Gasteiger partial charge is 0.242 e. The quantitative estimate of drug-likeness (QED) is 0.652. The van der Waals surface area contributed by atoms with E-state index in [0.29, 0.717) is 5.56 Å². The van der Waals surface area contributed by atoms with Crippen LogP contribution < -0.4 is 5.32 Å². The van der Waals surface area contributed by atoms with Crippen LogP contribution in [0.25, 0.3) is 0 Å². The van der Waals surface area contributed by atoms with Crippen LogP contribution in [0.15, 0.2) is 59.5 Å². The Morgan fingerprint density at radius 1 is 1.10 bits per heavy atom. The number of rotatable bonds is 8. The Balaban J connectivity index is 1.71. The van der Waals surface area contributed by atoms with Gasteiger partial charge in [0.25, 0.3) is 0 Å². The van der Waals surface area contributed by atoms with E-state index in [2.05, 4.69) is 5.32 Å². The topological polar surface area (TPSA) is 49.4 Å². The second kappa shape index (κ2) is 10.4. The molecule has 0 spiro atoms. The third-order valence-electron chi connectivity index (χ3n) is 5.27. The molecule has 154 valence electrons. The van der Waals surface area contributed by atoms with Crippen molar-refractivity contribution in [3.8, 4) is 0 Å². The fraction of sp³-hybridized carbons (Fsp3) is 0.391. The summed E-state index contributed by atoms with van der Waals surface area (Å²) >= 11 is 1.42. The van der Waals surface area contributed by atoms with Crippen molar-refractivity contribution in [2.75, 3.05) is 5.75 Å². The van der Waals surface area contributed by atoms with Crippen molar-refractivity contribution in [2.24, 2.45) is 0 Å². The highest BCUT2D eigenvalue weighted by atomic mass is 32.2. The van der Waals surface area contributed by atoms with Crippen LogP contribution in [0.4, 0.5) is 4.39 Å². The van der Waals surface area contributed by atoms with Gasteiger partial charge in [-0.3, -0.25) is 9.59 Å². The van der Waals surface area contributed by atoms with Gasteiger partial charge in [-0.05, 0) is 38.0 Å². The van der Waals surface area contributed by atoms with E-state index in [4.69, 9.17) is 0 Å². The summed E-state index contributed by atoms with van der Waals surface area (Å²) in [6.45, 7) is 1.79. The number of hydrogen-bond donors (Lipinski definition) is 1. The van der Waals surface area contributed by atoms with Gasteiger partial charge in [0.1, 0.15) is 11.9 Å². The number of amides is 2. The van der Waals surface area contributed by atoms with Crippen LogP contribution in [0, 0.1) is 5.82 Å². The molecule has 0 aromatic heterocycles. The minimum atomic E-state index is -0.668. The molecule has 2 aromatic carbocycles. The Labute approximate surface area is 175 Å². The van der Waals surface area contributed by atoms with Gasteiger partial charge in [-0.1, -0.05) is 49.2 Å². The van der Waals surface area contributed by atoms with Gasteiger partial charge in [0.2, 0.25) is 11.8 Å². The molecule has 29 heavy (non-hydrogen) atoms. The largest absolute Gasteiger partial charge is 0.352 e. The Hall–Kier alpha value is -2.34. The van der Waals surface area contributed by atoms with Crippen molar-refractivity contribution in [1.29, 1.82) is 0 Å². The van der Waals surface area contributed by atoms with Crippen LogP contribution in [-0.2, 0) is 16.1 Å². The molecule has 1 atom stereocenters. The van der Waals surface area contributed by atoms with E-state index in [-0.39, 0.29) is 36.0 Å². The molecule has 2 aromatic rings. The molecule has 0 unspecified atom stereocenters. The molecule has 0 saturated heterocycles. The van der Waals surface area contributed by atoms with Crippen LogP contribution >= 0.6 is 11.8 Å². The maximum Gasteiger partial charge on any atom is 0.242 e. The molecule has 3 rings (SSSR count). The molecular formula is C23H27FN2O2S. The lowest BCUT2D eigenvalue weighted by atomic mass is 10.1. The van der Waals surface area contributed by atoms with Gasteiger partial charge >= 0.3 is 0 Å². The molecule has 0 heterocycles. The molecule has 1 saturated carbocycles. The summed E-state index contributed by atoms with van der Waals surface area (Å²) in [5, 5.41) is 3.05.